The number of pyridine rings is 1. The van der Waals surface area contributed by atoms with Gasteiger partial charge < -0.3 is 15.1 Å². The second kappa shape index (κ2) is 6.95. The number of carbonyl (C=O) groups is 1. The average Bonchev–Trinajstić information content (AvgIpc) is 3.23. The van der Waals surface area contributed by atoms with Crippen molar-refractivity contribution >= 4 is 17.2 Å². The predicted molar refractivity (Wildman–Crippen MR) is 87.2 cm³/mol. The molecule has 1 amide bonds. The Balaban J connectivity index is 1.74. The van der Waals surface area contributed by atoms with Gasteiger partial charge in [0.15, 0.2) is 0 Å². The van der Waals surface area contributed by atoms with Crippen LogP contribution >= 0.6 is 11.3 Å². The van der Waals surface area contributed by atoms with Crippen molar-refractivity contribution in [1.82, 2.24) is 14.9 Å². The SMILES string of the molecule is N#Cc1cnc(-c2nc(CC(=O)N3CCC[C@H]3CO)cs2)c(O)c1. The molecule has 7 nitrogen and oxygen atoms in total. The summed E-state index contributed by atoms with van der Waals surface area (Å²) < 4.78 is 0. The van der Waals surface area contributed by atoms with Crippen molar-refractivity contribution in [3.8, 4) is 22.5 Å². The second-order valence-corrected chi connectivity index (χ2v) is 6.45. The maximum Gasteiger partial charge on any atom is 0.228 e. The topological polar surface area (TPSA) is 110 Å². The van der Waals surface area contributed by atoms with Gasteiger partial charge in [0.1, 0.15) is 22.5 Å². The van der Waals surface area contributed by atoms with Crippen molar-refractivity contribution in [1.29, 1.82) is 5.26 Å². The highest BCUT2D eigenvalue weighted by atomic mass is 32.1. The third-order valence-electron chi connectivity index (χ3n) is 3.99. The Morgan fingerprint density at radius 2 is 2.38 bits per heavy atom. The highest BCUT2D eigenvalue weighted by Crippen LogP contribution is 2.30. The number of aromatic nitrogens is 2. The number of aliphatic hydroxyl groups excluding tert-OH is 1. The molecule has 24 heavy (non-hydrogen) atoms. The van der Waals surface area contributed by atoms with Crippen molar-refractivity contribution in [2.45, 2.75) is 25.3 Å². The zero-order valence-corrected chi connectivity index (χ0v) is 13.7. The lowest BCUT2D eigenvalue weighted by molar-refractivity contribution is -0.132. The third-order valence-corrected chi connectivity index (χ3v) is 4.89. The number of aliphatic hydroxyl groups is 1. The molecule has 0 saturated carbocycles. The normalized spacial score (nSPS) is 17.0. The van der Waals surface area contributed by atoms with E-state index in [0.717, 1.165) is 12.8 Å². The van der Waals surface area contributed by atoms with Crippen LogP contribution in [0.4, 0.5) is 0 Å². The molecular formula is C16H16N4O3S. The highest BCUT2D eigenvalue weighted by molar-refractivity contribution is 7.13. The maximum atomic E-state index is 12.4. The smallest absolute Gasteiger partial charge is 0.228 e. The molecule has 0 aromatic carbocycles. The molecule has 1 atom stereocenters. The van der Waals surface area contributed by atoms with E-state index in [9.17, 15) is 15.0 Å². The van der Waals surface area contributed by atoms with Gasteiger partial charge in [-0.1, -0.05) is 0 Å². The van der Waals surface area contributed by atoms with E-state index in [1.807, 2.05) is 6.07 Å². The van der Waals surface area contributed by atoms with Crippen LogP contribution in [0.15, 0.2) is 17.6 Å². The van der Waals surface area contributed by atoms with Crippen LogP contribution in [0.25, 0.3) is 10.7 Å². The Labute approximate surface area is 142 Å². The summed E-state index contributed by atoms with van der Waals surface area (Å²) in [6.45, 7) is 0.649. The molecule has 0 bridgehead atoms. The number of nitrogens with zero attached hydrogens (tertiary/aromatic N) is 4. The lowest BCUT2D eigenvalue weighted by atomic mass is 10.2. The number of rotatable bonds is 4. The van der Waals surface area contributed by atoms with Gasteiger partial charge >= 0.3 is 0 Å². The second-order valence-electron chi connectivity index (χ2n) is 5.59. The summed E-state index contributed by atoms with van der Waals surface area (Å²) in [4.78, 5) is 22.5. The van der Waals surface area contributed by atoms with Gasteiger partial charge in [-0.3, -0.25) is 4.79 Å². The molecule has 2 aromatic rings. The summed E-state index contributed by atoms with van der Waals surface area (Å²) in [7, 11) is 0. The van der Waals surface area contributed by atoms with Gasteiger partial charge in [-0.05, 0) is 12.8 Å². The minimum Gasteiger partial charge on any atom is -0.506 e. The summed E-state index contributed by atoms with van der Waals surface area (Å²) in [6, 6.07) is 3.15. The van der Waals surface area contributed by atoms with Crippen LogP contribution in [0.1, 0.15) is 24.1 Å². The van der Waals surface area contributed by atoms with E-state index in [4.69, 9.17) is 5.26 Å². The summed E-state index contributed by atoms with van der Waals surface area (Å²) in [5, 5.41) is 30.3. The number of hydrogen-bond acceptors (Lipinski definition) is 7. The Kier molecular flexibility index (Phi) is 4.74. The minimum atomic E-state index is -0.110. The largest absolute Gasteiger partial charge is 0.506 e. The molecule has 0 aliphatic carbocycles. The fraction of sp³-hybridized carbons (Fsp3) is 0.375. The van der Waals surface area contributed by atoms with Crippen molar-refractivity contribution in [3.63, 3.8) is 0 Å². The first-order valence-corrected chi connectivity index (χ1v) is 8.44. The van der Waals surface area contributed by atoms with E-state index in [1.165, 1.54) is 23.6 Å². The zero-order valence-electron chi connectivity index (χ0n) is 12.8. The number of likely N-dealkylation sites (tertiary alicyclic amines) is 1. The molecule has 0 unspecified atom stereocenters. The summed E-state index contributed by atoms with van der Waals surface area (Å²) in [5.41, 5.74) is 1.17. The monoisotopic (exact) mass is 344 g/mol. The van der Waals surface area contributed by atoms with Crippen LogP contribution in [-0.2, 0) is 11.2 Å². The van der Waals surface area contributed by atoms with Gasteiger partial charge in [0, 0.05) is 24.2 Å². The summed E-state index contributed by atoms with van der Waals surface area (Å²) >= 11 is 1.28. The minimum absolute atomic E-state index is 0.0168. The Hall–Kier alpha value is -2.50. The van der Waals surface area contributed by atoms with Crippen LogP contribution in [0, 0.1) is 11.3 Å². The Bertz CT molecular complexity index is 799. The highest BCUT2D eigenvalue weighted by Gasteiger charge is 2.28. The van der Waals surface area contributed by atoms with Crippen LogP contribution in [0.5, 0.6) is 5.75 Å². The molecule has 1 aliphatic heterocycles. The van der Waals surface area contributed by atoms with E-state index in [-0.39, 0.29) is 36.3 Å². The summed E-state index contributed by atoms with van der Waals surface area (Å²) in [5.74, 6) is -0.165. The number of hydrogen-bond donors (Lipinski definition) is 2. The number of thiazole rings is 1. The molecule has 2 N–H and O–H groups in total. The third kappa shape index (κ3) is 3.22. The number of nitriles is 1. The van der Waals surface area contributed by atoms with Gasteiger partial charge in [-0.15, -0.1) is 11.3 Å². The van der Waals surface area contributed by atoms with Gasteiger partial charge in [-0.25, -0.2) is 9.97 Å². The first-order valence-electron chi connectivity index (χ1n) is 7.56. The van der Waals surface area contributed by atoms with Gasteiger partial charge in [-0.2, -0.15) is 5.26 Å². The van der Waals surface area contributed by atoms with Crippen molar-refractivity contribution in [3.05, 3.63) is 28.9 Å². The fourth-order valence-corrected chi connectivity index (χ4v) is 3.61. The first-order chi connectivity index (χ1) is 11.6. The number of carbonyl (C=O) groups excluding carboxylic acids is 1. The van der Waals surface area contributed by atoms with Crippen molar-refractivity contribution in [2.75, 3.05) is 13.2 Å². The van der Waals surface area contributed by atoms with E-state index >= 15 is 0 Å². The van der Waals surface area contributed by atoms with Crippen molar-refractivity contribution in [2.24, 2.45) is 0 Å². The van der Waals surface area contributed by atoms with Crippen molar-refractivity contribution < 1.29 is 15.0 Å². The van der Waals surface area contributed by atoms with Crippen LogP contribution in [0.3, 0.4) is 0 Å². The van der Waals surface area contributed by atoms with Crippen LogP contribution < -0.4 is 0 Å². The zero-order chi connectivity index (χ0) is 17.1. The van der Waals surface area contributed by atoms with E-state index < -0.39 is 0 Å². The lowest BCUT2D eigenvalue weighted by Gasteiger charge is -2.22. The molecule has 0 radical (unpaired) electrons. The number of aromatic hydroxyl groups is 1. The van der Waals surface area contributed by atoms with E-state index in [2.05, 4.69) is 9.97 Å². The molecule has 1 saturated heterocycles. The number of amides is 1. The summed E-state index contributed by atoms with van der Waals surface area (Å²) in [6.07, 6.45) is 3.26. The molecule has 1 fully saturated rings. The fourth-order valence-electron chi connectivity index (χ4n) is 2.79. The van der Waals surface area contributed by atoms with Gasteiger partial charge in [0.25, 0.3) is 0 Å². The Morgan fingerprint density at radius 3 is 3.08 bits per heavy atom. The first kappa shape index (κ1) is 16.4. The van der Waals surface area contributed by atoms with Crippen LogP contribution in [-0.4, -0.2) is 50.2 Å². The lowest BCUT2D eigenvalue weighted by Crippen LogP contribution is -2.38. The molecule has 124 valence electrons. The van der Waals surface area contributed by atoms with Gasteiger partial charge in [0.2, 0.25) is 5.91 Å². The molecule has 3 rings (SSSR count). The van der Waals surface area contributed by atoms with Gasteiger partial charge in [0.05, 0.1) is 30.3 Å². The average molecular weight is 344 g/mol. The molecule has 1 aliphatic rings. The molecule has 2 aromatic heterocycles. The maximum absolute atomic E-state index is 12.4. The molecule has 8 heteroatoms. The van der Waals surface area contributed by atoms with E-state index in [0.29, 0.717) is 22.9 Å². The predicted octanol–water partition coefficient (Wildman–Crippen LogP) is 1.31. The molecular weight excluding hydrogens is 328 g/mol. The quantitative estimate of drug-likeness (QED) is 0.865. The molecule has 3 heterocycles. The van der Waals surface area contributed by atoms with Crippen LogP contribution in [0.2, 0.25) is 0 Å². The molecule has 0 spiro atoms. The Morgan fingerprint density at radius 1 is 1.54 bits per heavy atom. The van der Waals surface area contributed by atoms with E-state index in [1.54, 1.807) is 10.3 Å². The standard InChI is InChI=1S/C16H16N4O3S/c17-6-10-4-13(22)15(18-7-10)16-19-11(9-24-16)5-14(23)20-3-1-2-12(20)8-21/h4,7,9,12,21-22H,1-3,5,8H2/t12-/m0/s1.